The number of rotatable bonds is 4. The van der Waals surface area contributed by atoms with Crippen LogP contribution in [0.1, 0.15) is 30.1 Å². The summed E-state index contributed by atoms with van der Waals surface area (Å²) < 4.78 is 1.85. The molecule has 22 heavy (non-hydrogen) atoms. The summed E-state index contributed by atoms with van der Waals surface area (Å²) in [5, 5.41) is 8.52. The second-order valence-corrected chi connectivity index (χ2v) is 6.59. The van der Waals surface area contributed by atoms with Crippen molar-refractivity contribution in [3.8, 4) is 0 Å². The normalized spacial score (nSPS) is 16.5. The van der Waals surface area contributed by atoms with Gasteiger partial charge >= 0.3 is 0 Å². The monoisotopic (exact) mass is 316 g/mol. The van der Waals surface area contributed by atoms with Crippen molar-refractivity contribution < 1.29 is 4.79 Å². The SMILES string of the molecule is Cn1cnnc1S[C@H](C(=O)N1CCCCC1)c1ccccc1. The lowest BCUT2D eigenvalue weighted by atomic mass is 10.1. The van der Waals surface area contributed by atoms with Gasteiger partial charge in [-0.1, -0.05) is 42.1 Å². The van der Waals surface area contributed by atoms with Gasteiger partial charge in [0.15, 0.2) is 5.16 Å². The van der Waals surface area contributed by atoms with Crippen molar-refractivity contribution in [1.29, 1.82) is 0 Å². The number of benzene rings is 1. The number of piperidine rings is 1. The number of hydrogen-bond donors (Lipinski definition) is 0. The molecule has 0 spiro atoms. The highest BCUT2D eigenvalue weighted by Crippen LogP contribution is 2.35. The first-order valence-electron chi connectivity index (χ1n) is 7.60. The van der Waals surface area contributed by atoms with Crippen LogP contribution in [0.3, 0.4) is 0 Å². The van der Waals surface area contributed by atoms with Gasteiger partial charge in [-0.2, -0.15) is 0 Å². The number of aryl methyl sites for hydroxylation is 1. The maximum Gasteiger partial charge on any atom is 0.240 e. The van der Waals surface area contributed by atoms with E-state index in [1.54, 1.807) is 6.33 Å². The van der Waals surface area contributed by atoms with E-state index >= 15 is 0 Å². The van der Waals surface area contributed by atoms with Gasteiger partial charge < -0.3 is 9.47 Å². The summed E-state index contributed by atoms with van der Waals surface area (Å²) >= 11 is 1.47. The highest BCUT2D eigenvalue weighted by Gasteiger charge is 2.29. The summed E-state index contributed by atoms with van der Waals surface area (Å²) in [7, 11) is 1.90. The van der Waals surface area contributed by atoms with Crippen LogP contribution in [-0.4, -0.2) is 38.7 Å². The maximum absolute atomic E-state index is 13.0. The van der Waals surface area contributed by atoms with E-state index < -0.39 is 0 Å². The first kappa shape index (κ1) is 15.1. The van der Waals surface area contributed by atoms with Crippen LogP contribution in [0.4, 0.5) is 0 Å². The molecule has 116 valence electrons. The van der Waals surface area contributed by atoms with Crippen LogP contribution in [0.15, 0.2) is 41.8 Å². The van der Waals surface area contributed by atoms with Gasteiger partial charge in [0.05, 0.1) is 0 Å². The molecule has 1 aliphatic rings. The standard InChI is InChI=1S/C16H20N4OS/c1-19-12-17-18-16(19)22-14(13-8-4-2-5-9-13)15(21)20-10-6-3-7-11-20/h2,4-5,8-9,12,14H,3,6-7,10-11H2,1H3/t14-/m0/s1. The van der Waals surface area contributed by atoms with Crippen LogP contribution < -0.4 is 0 Å². The van der Waals surface area contributed by atoms with Crippen molar-refractivity contribution >= 4 is 17.7 Å². The van der Waals surface area contributed by atoms with Gasteiger partial charge in [-0.3, -0.25) is 4.79 Å². The number of nitrogens with zero attached hydrogens (tertiary/aromatic N) is 4. The summed E-state index contributed by atoms with van der Waals surface area (Å²) in [4.78, 5) is 15.0. The maximum atomic E-state index is 13.0. The molecule has 6 heteroatoms. The van der Waals surface area contributed by atoms with Crippen molar-refractivity contribution in [3.63, 3.8) is 0 Å². The Morgan fingerprint density at radius 2 is 1.91 bits per heavy atom. The Bertz CT molecular complexity index is 622. The molecule has 1 aromatic heterocycles. The summed E-state index contributed by atoms with van der Waals surface area (Å²) in [6.45, 7) is 1.73. The molecule has 2 aromatic rings. The number of carbonyl (C=O) groups is 1. The van der Waals surface area contributed by atoms with Gasteiger partial charge in [-0.15, -0.1) is 10.2 Å². The zero-order chi connectivity index (χ0) is 15.4. The van der Waals surface area contributed by atoms with Crippen LogP contribution >= 0.6 is 11.8 Å². The molecule has 1 atom stereocenters. The van der Waals surface area contributed by atoms with Crippen molar-refractivity contribution in [2.45, 2.75) is 29.7 Å². The second kappa shape index (κ2) is 6.96. The Hall–Kier alpha value is -1.82. The van der Waals surface area contributed by atoms with E-state index in [4.69, 9.17) is 0 Å². The van der Waals surface area contributed by atoms with Crippen LogP contribution in [0.5, 0.6) is 0 Å². The van der Waals surface area contributed by atoms with Crippen LogP contribution in [-0.2, 0) is 11.8 Å². The van der Waals surface area contributed by atoms with Crippen LogP contribution in [0.25, 0.3) is 0 Å². The Morgan fingerprint density at radius 1 is 1.18 bits per heavy atom. The summed E-state index contributed by atoms with van der Waals surface area (Å²) in [5.41, 5.74) is 1.02. The third kappa shape index (κ3) is 3.32. The highest BCUT2D eigenvalue weighted by atomic mass is 32.2. The van der Waals surface area contributed by atoms with E-state index in [1.165, 1.54) is 18.2 Å². The fraction of sp³-hybridized carbons (Fsp3) is 0.438. The molecule has 0 unspecified atom stereocenters. The average Bonchev–Trinajstić information content (AvgIpc) is 2.98. The second-order valence-electron chi connectivity index (χ2n) is 5.52. The quantitative estimate of drug-likeness (QED) is 0.814. The number of amides is 1. The molecule has 1 aromatic carbocycles. The molecule has 3 rings (SSSR count). The molecule has 1 amide bonds. The Morgan fingerprint density at radius 3 is 2.55 bits per heavy atom. The molecule has 1 fully saturated rings. The molecule has 0 aliphatic carbocycles. The number of hydrogen-bond acceptors (Lipinski definition) is 4. The Balaban J connectivity index is 1.85. The largest absolute Gasteiger partial charge is 0.341 e. The van der Waals surface area contributed by atoms with Crippen LogP contribution in [0, 0.1) is 0 Å². The van der Waals surface area contributed by atoms with Crippen molar-refractivity contribution in [2.75, 3.05) is 13.1 Å². The predicted molar refractivity (Wildman–Crippen MR) is 86.5 cm³/mol. The number of aromatic nitrogens is 3. The third-order valence-electron chi connectivity index (χ3n) is 3.89. The van der Waals surface area contributed by atoms with E-state index in [2.05, 4.69) is 10.2 Å². The molecule has 5 nitrogen and oxygen atoms in total. The van der Waals surface area contributed by atoms with Gasteiger partial charge in [-0.25, -0.2) is 0 Å². The topological polar surface area (TPSA) is 51.0 Å². The predicted octanol–water partition coefficient (Wildman–Crippen LogP) is 2.66. The van der Waals surface area contributed by atoms with Gasteiger partial charge in [0.25, 0.3) is 0 Å². The Kier molecular flexibility index (Phi) is 4.77. The molecule has 0 bridgehead atoms. The number of carbonyl (C=O) groups excluding carboxylic acids is 1. The van der Waals surface area contributed by atoms with Crippen molar-refractivity contribution in [3.05, 3.63) is 42.2 Å². The molecule has 1 aliphatic heterocycles. The van der Waals surface area contributed by atoms with Crippen molar-refractivity contribution in [1.82, 2.24) is 19.7 Å². The number of thioether (sulfide) groups is 1. The van der Waals surface area contributed by atoms with E-state index in [-0.39, 0.29) is 11.2 Å². The summed E-state index contributed by atoms with van der Waals surface area (Å²) in [6.07, 6.45) is 5.08. The molecular weight excluding hydrogens is 296 g/mol. The van der Waals surface area contributed by atoms with Gasteiger partial charge in [0, 0.05) is 20.1 Å². The third-order valence-corrected chi connectivity index (χ3v) is 5.18. The number of likely N-dealkylation sites (tertiary alicyclic amines) is 1. The van der Waals surface area contributed by atoms with E-state index in [1.807, 2.05) is 46.8 Å². The van der Waals surface area contributed by atoms with E-state index in [9.17, 15) is 4.79 Å². The fourth-order valence-electron chi connectivity index (χ4n) is 2.65. The minimum absolute atomic E-state index is 0.180. The van der Waals surface area contributed by atoms with Gasteiger partial charge in [-0.05, 0) is 24.8 Å². The molecule has 0 N–H and O–H groups in total. The molecule has 1 saturated heterocycles. The molecule has 0 radical (unpaired) electrons. The fourth-order valence-corrected chi connectivity index (χ4v) is 3.72. The van der Waals surface area contributed by atoms with Gasteiger partial charge in [0.1, 0.15) is 11.6 Å². The van der Waals surface area contributed by atoms with Crippen molar-refractivity contribution in [2.24, 2.45) is 7.05 Å². The molecular formula is C16H20N4OS. The van der Waals surface area contributed by atoms with E-state index in [0.717, 1.165) is 36.7 Å². The summed E-state index contributed by atoms with van der Waals surface area (Å²) in [6, 6.07) is 9.94. The zero-order valence-electron chi connectivity index (χ0n) is 12.7. The Labute approximate surface area is 134 Å². The minimum Gasteiger partial charge on any atom is -0.341 e. The van der Waals surface area contributed by atoms with Crippen LogP contribution in [0.2, 0.25) is 0 Å². The lowest BCUT2D eigenvalue weighted by Crippen LogP contribution is -2.38. The lowest BCUT2D eigenvalue weighted by molar-refractivity contribution is -0.131. The minimum atomic E-state index is -0.262. The average molecular weight is 316 g/mol. The molecule has 2 heterocycles. The van der Waals surface area contributed by atoms with Gasteiger partial charge in [0.2, 0.25) is 5.91 Å². The van der Waals surface area contributed by atoms with E-state index in [0.29, 0.717) is 0 Å². The molecule has 0 saturated carbocycles. The smallest absolute Gasteiger partial charge is 0.240 e. The summed E-state index contributed by atoms with van der Waals surface area (Å²) in [5.74, 6) is 0.180. The first-order valence-corrected chi connectivity index (χ1v) is 8.48. The first-order chi connectivity index (χ1) is 10.8. The zero-order valence-corrected chi connectivity index (χ0v) is 13.5. The highest BCUT2D eigenvalue weighted by molar-refractivity contribution is 8.00. The lowest BCUT2D eigenvalue weighted by Gasteiger charge is -2.30.